The molecule has 0 amide bonds. The smallest absolute Gasteiger partial charge is 0.422 e. The lowest BCUT2D eigenvalue weighted by atomic mass is 10.1. The molecule has 6 nitrogen and oxygen atoms in total. The molecular formula is C19H30F3N5O. The zero-order valence-corrected chi connectivity index (χ0v) is 16.6. The monoisotopic (exact) mass is 401 g/mol. The Morgan fingerprint density at radius 2 is 2.04 bits per heavy atom. The largest absolute Gasteiger partial charge is 0.468 e. The lowest BCUT2D eigenvalue weighted by Crippen LogP contribution is -2.48. The van der Waals surface area contributed by atoms with Gasteiger partial charge >= 0.3 is 6.18 Å². The van der Waals surface area contributed by atoms with Crippen LogP contribution in [0.1, 0.15) is 38.7 Å². The number of hydrogen-bond donors (Lipinski definition) is 2. The maximum Gasteiger partial charge on any atom is 0.422 e. The summed E-state index contributed by atoms with van der Waals surface area (Å²) >= 11 is 0. The fourth-order valence-corrected chi connectivity index (χ4v) is 3.05. The van der Waals surface area contributed by atoms with Crippen LogP contribution in [0.5, 0.6) is 5.88 Å². The maximum atomic E-state index is 12.2. The third-order valence-corrected chi connectivity index (χ3v) is 4.41. The number of hydrogen-bond acceptors (Lipinski definition) is 4. The van der Waals surface area contributed by atoms with Crippen LogP contribution >= 0.6 is 0 Å². The van der Waals surface area contributed by atoms with E-state index in [0.29, 0.717) is 12.6 Å². The molecule has 1 aliphatic rings. The SMILES string of the molecule is CCCN1CCC(NC(=NCc2ccc(OCC(F)(F)F)nc2)NCC)CC1. The van der Waals surface area contributed by atoms with Crippen molar-refractivity contribution in [1.29, 1.82) is 0 Å². The van der Waals surface area contributed by atoms with Crippen LogP contribution in [0, 0.1) is 0 Å². The summed E-state index contributed by atoms with van der Waals surface area (Å²) in [4.78, 5) is 11.0. The molecule has 1 fully saturated rings. The highest BCUT2D eigenvalue weighted by molar-refractivity contribution is 5.80. The van der Waals surface area contributed by atoms with Crippen LogP contribution in [-0.2, 0) is 6.54 Å². The maximum absolute atomic E-state index is 12.2. The van der Waals surface area contributed by atoms with E-state index in [2.05, 4.69) is 37.2 Å². The second-order valence-corrected chi connectivity index (χ2v) is 6.86. The van der Waals surface area contributed by atoms with Crippen LogP contribution < -0.4 is 15.4 Å². The summed E-state index contributed by atoms with van der Waals surface area (Å²) < 4.78 is 41.1. The minimum atomic E-state index is -4.37. The zero-order valence-electron chi connectivity index (χ0n) is 16.6. The van der Waals surface area contributed by atoms with E-state index in [-0.39, 0.29) is 5.88 Å². The van der Waals surface area contributed by atoms with Crippen molar-refractivity contribution in [2.75, 3.05) is 32.8 Å². The third-order valence-electron chi connectivity index (χ3n) is 4.41. The van der Waals surface area contributed by atoms with Gasteiger partial charge in [-0.1, -0.05) is 13.0 Å². The van der Waals surface area contributed by atoms with Crippen molar-refractivity contribution in [3.05, 3.63) is 23.9 Å². The summed E-state index contributed by atoms with van der Waals surface area (Å²) in [5, 5.41) is 6.72. The lowest BCUT2D eigenvalue weighted by molar-refractivity contribution is -0.154. The average Bonchev–Trinajstić information content (AvgIpc) is 2.66. The predicted molar refractivity (Wildman–Crippen MR) is 103 cm³/mol. The first-order valence-electron chi connectivity index (χ1n) is 9.81. The standard InChI is InChI=1S/C19H30F3N5O/c1-3-9-27-10-7-16(8-11-27)26-18(23-4-2)25-13-15-5-6-17(24-12-15)28-14-19(20,21)22/h5-6,12,16H,3-4,7-11,13-14H2,1-2H3,(H2,23,25,26). The van der Waals surface area contributed by atoms with Crippen LogP contribution in [0.15, 0.2) is 23.3 Å². The fraction of sp³-hybridized carbons (Fsp3) is 0.684. The first-order valence-corrected chi connectivity index (χ1v) is 9.81. The molecule has 0 bridgehead atoms. The van der Waals surface area contributed by atoms with Gasteiger partial charge in [0.15, 0.2) is 12.6 Å². The molecule has 0 unspecified atom stereocenters. The molecule has 0 spiro atoms. The van der Waals surface area contributed by atoms with Gasteiger partial charge < -0.3 is 20.3 Å². The number of likely N-dealkylation sites (tertiary alicyclic amines) is 1. The molecular weight excluding hydrogens is 371 g/mol. The van der Waals surface area contributed by atoms with Gasteiger partial charge in [0.05, 0.1) is 6.54 Å². The number of aromatic nitrogens is 1. The van der Waals surface area contributed by atoms with E-state index in [1.807, 2.05) is 6.92 Å². The zero-order chi connectivity index (χ0) is 20.4. The van der Waals surface area contributed by atoms with Gasteiger partial charge in [-0.05, 0) is 38.3 Å². The Labute approximate surface area is 164 Å². The number of ether oxygens (including phenoxy) is 1. The van der Waals surface area contributed by atoms with Crippen molar-refractivity contribution >= 4 is 5.96 Å². The van der Waals surface area contributed by atoms with E-state index in [0.717, 1.165) is 50.5 Å². The summed E-state index contributed by atoms with van der Waals surface area (Å²) in [6.45, 7) is 7.33. The van der Waals surface area contributed by atoms with E-state index in [1.54, 1.807) is 6.07 Å². The second-order valence-electron chi connectivity index (χ2n) is 6.86. The summed E-state index contributed by atoms with van der Waals surface area (Å²) in [6, 6.07) is 3.50. The number of guanidine groups is 1. The average molecular weight is 401 g/mol. The van der Waals surface area contributed by atoms with Crippen LogP contribution in [-0.4, -0.2) is 60.8 Å². The molecule has 1 aliphatic heterocycles. The third kappa shape index (κ3) is 8.33. The summed E-state index contributed by atoms with van der Waals surface area (Å²) in [5.41, 5.74) is 0.800. The normalized spacial score (nSPS) is 16.8. The van der Waals surface area contributed by atoms with E-state index < -0.39 is 12.8 Å². The van der Waals surface area contributed by atoms with E-state index in [4.69, 9.17) is 0 Å². The molecule has 2 rings (SSSR count). The molecule has 1 aromatic heterocycles. The fourth-order valence-electron chi connectivity index (χ4n) is 3.05. The van der Waals surface area contributed by atoms with Crippen molar-refractivity contribution in [1.82, 2.24) is 20.5 Å². The first-order chi connectivity index (χ1) is 13.4. The van der Waals surface area contributed by atoms with Crippen molar-refractivity contribution in [2.45, 2.75) is 51.9 Å². The highest BCUT2D eigenvalue weighted by Crippen LogP contribution is 2.17. The van der Waals surface area contributed by atoms with Crippen LogP contribution in [0.4, 0.5) is 13.2 Å². The number of nitrogens with zero attached hydrogens (tertiary/aromatic N) is 3. The Hall–Kier alpha value is -2.03. The number of aliphatic imine (C=N–C) groups is 1. The molecule has 9 heteroatoms. The first kappa shape index (κ1) is 22.3. The minimum Gasteiger partial charge on any atom is -0.468 e. The molecule has 2 heterocycles. The molecule has 0 atom stereocenters. The van der Waals surface area contributed by atoms with Crippen molar-refractivity contribution in [3.8, 4) is 5.88 Å². The van der Waals surface area contributed by atoms with Crippen LogP contribution in [0.25, 0.3) is 0 Å². The van der Waals surface area contributed by atoms with Crippen LogP contribution in [0.2, 0.25) is 0 Å². The Bertz CT molecular complexity index is 599. The van der Waals surface area contributed by atoms with Crippen molar-refractivity contribution < 1.29 is 17.9 Å². The van der Waals surface area contributed by atoms with Gasteiger partial charge in [0.25, 0.3) is 0 Å². The topological polar surface area (TPSA) is 61.8 Å². The van der Waals surface area contributed by atoms with Gasteiger partial charge in [-0.25, -0.2) is 9.98 Å². The molecule has 0 aromatic carbocycles. The Morgan fingerprint density at radius 1 is 1.29 bits per heavy atom. The molecule has 1 saturated heterocycles. The van der Waals surface area contributed by atoms with Gasteiger partial charge in [0.1, 0.15) is 0 Å². The second kappa shape index (κ2) is 11.1. The molecule has 2 N–H and O–H groups in total. The molecule has 0 saturated carbocycles. The number of pyridine rings is 1. The molecule has 0 radical (unpaired) electrons. The molecule has 0 aliphatic carbocycles. The quantitative estimate of drug-likeness (QED) is 0.518. The van der Waals surface area contributed by atoms with Gasteiger partial charge in [0, 0.05) is 37.9 Å². The highest BCUT2D eigenvalue weighted by atomic mass is 19.4. The van der Waals surface area contributed by atoms with Crippen molar-refractivity contribution in [3.63, 3.8) is 0 Å². The van der Waals surface area contributed by atoms with Gasteiger partial charge in [-0.2, -0.15) is 13.2 Å². The Morgan fingerprint density at radius 3 is 2.61 bits per heavy atom. The number of alkyl halides is 3. The highest BCUT2D eigenvalue weighted by Gasteiger charge is 2.28. The van der Waals surface area contributed by atoms with Gasteiger partial charge in [0.2, 0.25) is 5.88 Å². The van der Waals surface area contributed by atoms with E-state index >= 15 is 0 Å². The number of rotatable bonds is 8. The molecule has 28 heavy (non-hydrogen) atoms. The van der Waals surface area contributed by atoms with E-state index in [1.165, 1.54) is 18.7 Å². The summed E-state index contributed by atoms with van der Waals surface area (Å²) in [6.07, 6.45) is 0.455. The lowest BCUT2D eigenvalue weighted by Gasteiger charge is -2.32. The summed E-state index contributed by atoms with van der Waals surface area (Å²) in [5.74, 6) is 0.697. The number of piperidine rings is 1. The predicted octanol–water partition coefficient (Wildman–Crippen LogP) is 2.95. The summed E-state index contributed by atoms with van der Waals surface area (Å²) in [7, 11) is 0. The minimum absolute atomic E-state index is 0.0473. The molecule has 1 aromatic rings. The number of halogens is 3. The van der Waals surface area contributed by atoms with Gasteiger partial charge in [-0.3, -0.25) is 0 Å². The van der Waals surface area contributed by atoms with Gasteiger partial charge in [-0.15, -0.1) is 0 Å². The molecule has 158 valence electrons. The van der Waals surface area contributed by atoms with Crippen LogP contribution in [0.3, 0.4) is 0 Å². The van der Waals surface area contributed by atoms with Crippen molar-refractivity contribution in [2.24, 2.45) is 4.99 Å². The Balaban J connectivity index is 1.84. The van der Waals surface area contributed by atoms with E-state index in [9.17, 15) is 13.2 Å². The number of nitrogens with one attached hydrogen (secondary N) is 2. The Kier molecular flexibility index (Phi) is 8.82.